The summed E-state index contributed by atoms with van der Waals surface area (Å²) in [6, 6.07) is 15.5. The van der Waals surface area contributed by atoms with E-state index in [4.69, 9.17) is 21.1 Å². The van der Waals surface area contributed by atoms with Crippen LogP contribution in [0.3, 0.4) is 0 Å². The van der Waals surface area contributed by atoms with Crippen LogP contribution in [0.1, 0.15) is 25.2 Å². The Morgan fingerprint density at radius 3 is 2.64 bits per heavy atom. The molecule has 36 heavy (non-hydrogen) atoms. The van der Waals surface area contributed by atoms with Gasteiger partial charge in [-0.15, -0.1) is 0 Å². The highest BCUT2D eigenvalue weighted by atomic mass is 35.5. The van der Waals surface area contributed by atoms with Crippen LogP contribution in [0.2, 0.25) is 5.02 Å². The molecule has 0 saturated carbocycles. The highest BCUT2D eigenvalue weighted by Crippen LogP contribution is 2.27. The number of piperidine rings is 1. The summed E-state index contributed by atoms with van der Waals surface area (Å²) in [6.07, 6.45) is 1.64. The minimum absolute atomic E-state index is 0.00734. The number of nitrogens with zero attached hydrogens (tertiary/aromatic N) is 5. The Morgan fingerprint density at radius 2 is 1.89 bits per heavy atom. The third-order valence-corrected chi connectivity index (χ3v) is 6.78. The summed E-state index contributed by atoms with van der Waals surface area (Å²) in [7, 11) is 0. The lowest BCUT2D eigenvalue weighted by atomic mass is 9.93. The second-order valence-electron chi connectivity index (χ2n) is 8.95. The van der Waals surface area contributed by atoms with Crippen molar-refractivity contribution in [3.05, 3.63) is 71.3 Å². The Morgan fingerprint density at radius 1 is 1.11 bits per heavy atom. The molecular weight excluding hydrogens is 485 g/mol. The number of fused-ring (bicyclic) bond motifs is 1. The molecule has 8 nitrogen and oxygen atoms in total. The summed E-state index contributed by atoms with van der Waals surface area (Å²) >= 11 is 6.07. The fourth-order valence-electron chi connectivity index (χ4n) is 4.49. The molecule has 3 heterocycles. The molecule has 186 valence electrons. The van der Waals surface area contributed by atoms with Gasteiger partial charge in [-0.1, -0.05) is 16.8 Å². The maximum absolute atomic E-state index is 13.1. The molecule has 2 aromatic heterocycles. The molecule has 0 unspecified atom stereocenters. The first-order valence-corrected chi connectivity index (χ1v) is 12.2. The number of pyridine rings is 1. The van der Waals surface area contributed by atoms with Crippen molar-refractivity contribution < 1.29 is 18.8 Å². The van der Waals surface area contributed by atoms with E-state index in [-0.39, 0.29) is 18.3 Å². The molecule has 0 atom stereocenters. The van der Waals surface area contributed by atoms with Crippen molar-refractivity contribution in [3.63, 3.8) is 0 Å². The zero-order valence-corrected chi connectivity index (χ0v) is 20.2. The Balaban J connectivity index is 1.14. The Hall–Kier alpha value is -3.72. The summed E-state index contributed by atoms with van der Waals surface area (Å²) in [6.45, 7) is 2.12. The number of aromatic nitrogens is 3. The van der Waals surface area contributed by atoms with Crippen molar-refractivity contribution in [2.24, 2.45) is 5.92 Å². The van der Waals surface area contributed by atoms with Gasteiger partial charge in [0.1, 0.15) is 18.2 Å². The lowest BCUT2D eigenvalue weighted by Gasteiger charge is -2.33. The van der Waals surface area contributed by atoms with Crippen molar-refractivity contribution in [2.45, 2.75) is 25.8 Å². The molecule has 0 aliphatic carbocycles. The number of benzene rings is 2. The first-order chi connectivity index (χ1) is 17.4. The summed E-state index contributed by atoms with van der Waals surface area (Å²) < 4.78 is 18.4. The van der Waals surface area contributed by atoms with Crippen molar-refractivity contribution in [2.75, 3.05) is 24.5 Å². The molecule has 1 aliphatic rings. The topological polar surface area (TPSA) is 95.6 Å². The van der Waals surface area contributed by atoms with Crippen LogP contribution in [-0.4, -0.2) is 50.9 Å². The van der Waals surface area contributed by atoms with Gasteiger partial charge >= 0.3 is 6.09 Å². The quantitative estimate of drug-likeness (QED) is 0.333. The molecule has 1 fully saturated rings. The lowest BCUT2D eigenvalue weighted by molar-refractivity contribution is 0.131. The van der Waals surface area contributed by atoms with Gasteiger partial charge in [0.15, 0.2) is 0 Å². The van der Waals surface area contributed by atoms with Crippen LogP contribution in [0.4, 0.5) is 15.0 Å². The van der Waals surface area contributed by atoms with Crippen molar-refractivity contribution >= 4 is 34.4 Å². The third-order valence-electron chi connectivity index (χ3n) is 6.55. The number of halogens is 2. The van der Waals surface area contributed by atoms with Gasteiger partial charge in [0.05, 0.1) is 5.52 Å². The zero-order valence-electron chi connectivity index (χ0n) is 19.5. The van der Waals surface area contributed by atoms with Gasteiger partial charge < -0.3 is 14.5 Å². The summed E-state index contributed by atoms with van der Waals surface area (Å²) in [5.41, 5.74) is 1.52. The monoisotopic (exact) mass is 509 g/mol. The van der Waals surface area contributed by atoms with Gasteiger partial charge in [-0.3, -0.25) is 4.90 Å². The molecule has 10 heteroatoms. The highest BCUT2D eigenvalue weighted by Gasteiger charge is 2.23. The maximum Gasteiger partial charge on any atom is 0.407 e. The molecule has 0 radical (unpaired) electrons. The Labute approximate surface area is 212 Å². The molecule has 5 rings (SSSR count). The zero-order chi connectivity index (χ0) is 25.1. The Kier molecular flexibility index (Phi) is 6.99. The van der Waals surface area contributed by atoms with E-state index in [0.717, 1.165) is 49.1 Å². The summed E-state index contributed by atoms with van der Waals surface area (Å²) in [4.78, 5) is 24.4. The van der Waals surface area contributed by atoms with E-state index in [1.807, 2.05) is 30.3 Å². The molecule has 0 spiro atoms. The molecule has 1 saturated heterocycles. The van der Waals surface area contributed by atoms with Crippen molar-refractivity contribution in [1.82, 2.24) is 20.0 Å². The second-order valence-corrected chi connectivity index (χ2v) is 9.38. The van der Waals surface area contributed by atoms with Gasteiger partial charge in [0.2, 0.25) is 11.7 Å². The van der Waals surface area contributed by atoms with Crippen LogP contribution in [0, 0.1) is 11.7 Å². The minimum atomic E-state index is -1.03. The van der Waals surface area contributed by atoms with Gasteiger partial charge in [0, 0.05) is 35.6 Å². The predicted molar refractivity (Wildman–Crippen MR) is 134 cm³/mol. The smallest absolute Gasteiger partial charge is 0.407 e. The molecule has 0 bridgehead atoms. The minimum Gasteiger partial charge on any atom is -0.465 e. The van der Waals surface area contributed by atoms with Gasteiger partial charge in [-0.25, -0.2) is 14.2 Å². The summed E-state index contributed by atoms with van der Waals surface area (Å²) in [5.74, 6) is 1.51. The number of amides is 1. The molecule has 1 amide bonds. The average Bonchev–Trinajstić information content (AvgIpc) is 3.35. The van der Waals surface area contributed by atoms with Crippen LogP contribution in [0.5, 0.6) is 0 Å². The summed E-state index contributed by atoms with van der Waals surface area (Å²) in [5, 5.41) is 15.3. The second kappa shape index (κ2) is 10.5. The fourth-order valence-corrected chi connectivity index (χ4v) is 4.67. The largest absolute Gasteiger partial charge is 0.465 e. The third kappa shape index (κ3) is 5.57. The van der Waals surface area contributed by atoms with E-state index in [0.29, 0.717) is 28.9 Å². The highest BCUT2D eigenvalue weighted by molar-refractivity contribution is 6.31. The van der Waals surface area contributed by atoms with E-state index < -0.39 is 6.09 Å². The number of carboxylic acid groups (broad SMARTS) is 1. The first kappa shape index (κ1) is 24.0. The number of carbonyl (C=O) groups is 1. The fraction of sp³-hybridized carbons (Fsp3) is 0.308. The molecule has 2 aromatic carbocycles. The molecule has 1 aliphatic heterocycles. The lowest BCUT2D eigenvalue weighted by Crippen LogP contribution is -2.36. The first-order valence-electron chi connectivity index (χ1n) is 11.8. The Bertz CT molecular complexity index is 1360. The molecular formula is C26H25ClFN5O3. The molecule has 1 N–H and O–H groups in total. The van der Waals surface area contributed by atoms with Crippen LogP contribution in [0.15, 0.2) is 59.1 Å². The predicted octanol–water partition coefficient (Wildman–Crippen LogP) is 5.86. The van der Waals surface area contributed by atoms with E-state index in [2.05, 4.69) is 15.0 Å². The van der Waals surface area contributed by atoms with Crippen LogP contribution >= 0.6 is 11.6 Å². The van der Waals surface area contributed by atoms with E-state index in [1.165, 1.54) is 17.0 Å². The normalized spacial score (nSPS) is 14.3. The van der Waals surface area contributed by atoms with Crippen LogP contribution in [-0.2, 0) is 6.54 Å². The standard InChI is InChI=1S/C26H25ClFN5O3/c27-20-4-7-22-19(15-20)3-8-23(29-22)32-12-9-17(10-13-32)11-14-33(26(34)35)16-24-30-25(31-36-24)18-1-5-21(28)6-2-18/h1-8,15,17H,9-14,16H2,(H,34,35). The van der Waals surface area contributed by atoms with Crippen LogP contribution in [0.25, 0.3) is 22.3 Å². The number of hydrogen-bond donors (Lipinski definition) is 1. The van der Waals surface area contributed by atoms with Crippen molar-refractivity contribution in [1.29, 1.82) is 0 Å². The van der Waals surface area contributed by atoms with Crippen LogP contribution < -0.4 is 4.90 Å². The average molecular weight is 510 g/mol. The van der Waals surface area contributed by atoms with Crippen molar-refractivity contribution in [3.8, 4) is 11.4 Å². The van der Waals surface area contributed by atoms with E-state index >= 15 is 0 Å². The SMILES string of the molecule is O=C(O)N(CCC1CCN(c2ccc3cc(Cl)ccc3n2)CC1)Cc1nc(-c2ccc(F)cc2)no1. The number of anilines is 1. The molecule has 4 aromatic rings. The van der Waals surface area contributed by atoms with E-state index in [1.54, 1.807) is 12.1 Å². The van der Waals surface area contributed by atoms with Gasteiger partial charge in [-0.2, -0.15) is 4.98 Å². The van der Waals surface area contributed by atoms with Gasteiger partial charge in [-0.05, 0) is 79.8 Å². The number of hydrogen-bond acceptors (Lipinski definition) is 6. The van der Waals surface area contributed by atoms with Gasteiger partial charge in [0.25, 0.3) is 0 Å². The maximum atomic E-state index is 13.1. The number of rotatable bonds is 7. The van der Waals surface area contributed by atoms with E-state index in [9.17, 15) is 14.3 Å².